The van der Waals surface area contributed by atoms with Crippen molar-refractivity contribution in [2.45, 2.75) is 24.0 Å². The third kappa shape index (κ3) is 5.40. The fourth-order valence-corrected chi connectivity index (χ4v) is 3.66. The molecule has 0 aliphatic carbocycles. The molecule has 1 atom stereocenters. The van der Waals surface area contributed by atoms with Gasteiger partial charge >= 0.3 is 6.18 Å². The van der Waals surface area contributed by atoms with Crippen LogP contribution in [0.2, 0.25) is 0 Å². The number of sulfonamides is 1. The number of primary sulfonamides is 1. The number of aromatic nitrogens is 5. The highest BCUT2D eigenvalue weighted by molar-refractivity contribution is 7.89. The lowest BCUT2D eigenvalue weighted by atomic mass is 10.1. The van der Waals surface area contributed by atoms with Gasteiger partial charge in [-0.2, -0.15) is 18.2 Å². The fourth-order valence-electron chi connectivity index (χ4n) is 3.15. The van der Waals surface area contributed by atoms with E-state index in [2.05, 4.69) is 35.6 Å². The highest BCUT2D eigenvalue weighted by Gasteiger charge is 2.27. The van der Waals surface area contributed by atoms with Gasteiger partial charge in [0.25, 0.3) is 0 Å². The van der Waals surface area contributed by atoms with Crippen LogP contribution >= 0.6 is 0 Å². The molecule has 4 rings (SSSR count). The summed E-state index contributed by atoms with van der Waals surface area (Å²) in [6.45, 7) is 0.455. The number of nitrogens with zero attached hydrogens (tertiary/aromatic N) is 4. The Labute approximate surface area is 191 Å². The Balaban J connectivity index is 1.67. The number of alkyl halides is 3. The van der Waals surface area contributed by atoms with E-state index in [0.29, 0.717) is 22.6 Å². The quantitative estimate of drug-likeness (QED) is 0.307. The van der Waals surface area contributed by atoms with Gasteiger partial charge in [-0.3, -0.25) is 0 Å². The van der Waals surface area contributed by atoms with E-state index < -0.39 is 28.8 Å². The minimum Gasteiger partial charge on any atom is -0.359 e. The fraction of sp³-hybridized carbons (Fsp3) is 0.200. The van der Waals surface area contributed by atoms with Gasteiger partial charge in [0.2, 0.25) is 16.0 Å². The van der Waals surface area contributed by atoms with Crippen molar-refractivity contribution in [3.8, 4) is 11.5 Å². The van der Waals surface area contributed by atoms with E-state index in [1.807, 2.05) is 0 Å². The zero-order valence-electron chi connectivity index (χ0n) is 17.6. The lowest BCUT2D eigenvalue weighted by molar-refractivity contribution is -0.115. The SMILES string of the molecule is C[C@@H](Nc1nc(NCC(F)(F)F)c2nc(-c3ncc[nH]3)ccc2n1)c1ccc(S(N)(=O)=O)cc1. The van der Waals surface area contributed by atoms with Gasteiger partial charge in [0.1, 0.15) is 17.8 Å². The first-order valence-corrected chi connectivity index (χ1v) is 11.4. The summed E-state index contributed by atoms with van der Waals surface area (Å²) in [5, 5.41) is 10.4. The number of rotatable bonds is 7. The Hall–Kier alpha value is -3.78. The maximum absolute atomic E-state index is 12.9. The van der Waals surface area contributed by atoms with Gasteiger partial charge in [-0.1, -0.05) is 12.1 Å². The number of benzene rings is 1. The van der Waals surface area contributed by atoms with Gasteiger partial charge in [-0.25, -0.2) is 28.5 Å². The summed E-state index contributed by atoms with van der Waals surface area (Å²) >= 11 is 0. The first kappa shape index (κ1) is 23.4. The van der Waals surface area contributed by atoms with Crippen LogP contribution in [0.25, 0.3) is 22.6 Å². The molecule has 0 bridgehead atoms. The number of H-pyrrole nitrogens is 1. The van der Waals surface area contributed by atoms with Crippen molar-refractivity contribution in [2.75, 3.05) is 17.2 Å². The van der Waals surface area contributed by atoms with Crippen molar-refractivity contribution in [2.24, 2.45) is 5.14 Å². The molecule has 178 valence electrons. The Morgan fingerprint density at radius 2 is 1.82 bits per heavy atom. The number of aromatic amines is 1. The second-order valence-electron chi connectivity index (χ2n) is 7.35. The number of fused-ring (bicyclic) bond motifs is 1. The van der Waals surface area contributed by atoms with E-state index in [1.54, 1.807) is 37.4 Å². The minimum absolute atomic E-state index is 0.0394. The number of pyridine rings is 1. The van der Waals surface area contributed by atoms with Crippen LogP contribution in [0.15, 0.2) is 53.7 Å². The molecular weight excluding hydrogens is 473 g/mol. The van der Waals surface area contributed by atoms with Crippen molar-refractivity contribution >= 4 is 32.8 Å². The lowest BCUT2D eigenvalue weighted by Gasteiger charge is -2.17. The Kier molecular flexibility index (Phi) is 6.10. The summed E-state index contributed by atoms with van der Waals surface area (Å²) in [7, 11) is -3.83. The number of nitrogens with two attached hydrogens (primary N) is 1. The normalized spacial score (nSPS) is 13.1. The first-order chi connectivity index (χ1) is 16.0. The van der Waals surface area contributed by atoms with E-state index in [9.17, 15) is 21.6 Å². The van der Waals surface area contributed by atoms with Gasteiger partial charge in [-0.05, 0) is 36.8 Å². The number of anilines is 2. The molecule has 0 spiro atoms. The maximum Gasteiger partial charge on any atom is 0.405 e. The molecule has 14 heteroatoms. The summed E-state index contributed by atoms with van der Waals surface area (Å²) in [4.78, 5) is 19.9. The van der Waals surface area contributed by atoms with Crippen LogP contribution < -0.4 is 15.8 Å². The number of hydrogen-bond donors (Lipinski definition) is 4. The van der Waals surface area contributed by atoms with E-state index in [-0.39, 0.29) is 22.2 Å². The average molecular weight is 492 g/mol. The molecule has 0 radical (unpaired) electrons. The van der Waals surface area contributed by atoms with Gasteiger partial charge in [0, 0.05) is 12.4 Å². The molecule has 4 aromatic rings. The third-order valence-electron chi connectivity index (χ3n) is 4.79. The molecule has 0 amide bonds. The Bertz CT molecular complexity index is 1410. The summed E-state index contributed by atoms with van der Waals surface area (Å²) in [5.74, 6) is 0.408. The average Bonchev–Trinajstić information content (AvgIpc) is 3.31. The van der Waals surface area contributed by atoms with E-state index in [4.69, 9.17) is 5.14 Å². The molecule has 0 aliphatic rings. The zero-order chi connectivity index (χ0) is 24.5. The van der Waals surface area contributed by atoms with Crippen LogP contribution in [0.3, 0.4) is 0 Å². The van der Waals surface area contributed by atoms with Crippen LogP contribution in [0.4, 0.5) is 24.9 Å². The maximum atomic E-state index is 12.9. The molecule has 0 aliphatic heterocycles. The lowest BCUT2D eigenvalue weighted by Crippen LogP contribution is -2.22. The molecule has 0 unspecified atom stereocenters. The predicted molar refractivity (Wildman–Crippen MR) is 119 cm³/mol. The van der Waals surface area contributed by atoms with Crippen molar-refractivity contribution in [1.82, 2.24) is 24.9 Å². The van der Waals surface area contributed by atoms with Gasteiger partial charge in [-0.15, -0.1) is 0 Å². The van der Waals surface area contributed by atoms with Crippen LogP contribution in [0.5, 0.6) is 0 Å². The van der Waals surface area contributed by atoms with Gasteiger partial charge in [0.05, 0.1) is 16.5 Å². The minimum atomic E-state index is -4.47. The van der Waals surface area contributed by atoms with Crippen LogP contribution in [-0.2, 0) is 10.0 Å². The number of nitrogens with one attached hydrogen (secondary N) is 3. The van der Waals surface area contributed by atoms with E-state index in [1.165, 1.54) is 18.3 Å². The van der Waals surface area contributed by atoms with Crippen LogP contribution in [0, 0.1) is 0 Å². The summed E-state index contributed by atoms with van der Waals surface area (Å²) < 4.78 is 61.5. The van der Waals surface area contributed by atoms with E-state index >= 15 is 0 Å². The van der Waals surface area contributed by atoms with Crippen molar-refractivity contribution in [3.63, 3.8) is 0 Å². The van der Waals surface area contributed by atoms with Crippen LogP contribution in [-0.4, -0.2) is 46.1 Å². The van der Waals surface area contributed by atoms with Crippen molar-refractivity contribution in [3.05, 3.63) is 54.4 Å². The smallest absolute Gasteiger partial charge is 0.359 e. The second-order valence-corrected chi connectivity index (χ2v) is 8.91. The van der Waals surface area contributed by atoms with Gasteiger partial charge in [0.15, 0.2) is 11.6 Å². The molecule has 5 N–H and O–H groups in total. The molecular formula is C20H19F3N8O2S. The molecule has 0 saturated heterocycles. The highest BCUT2D eigenvalue weighted by Crippen LogP contribution is 2.27. The summed E-state index contributed by atoms with van der Waals surface area (Å²) in [5.41, 5.74) is 1.57. The number of imidazole rings is 1. The summed E-state index contributed by atoms with van der Waals surface area (Å²) in [6, 6.07) is 8.70. The highest BCUT2D eigenvalue weighted by atomic mass is 32.2. The monoisotopic (exact) mass is 492 g/mol. The topological polar surface area (TPSA) is 152 Å². The molecule has 3 aromatic heterocycles. The first-order valence-electron chi connectivity index (χ1n) is 9.88. The van der Waals surface area contributed by atoms with Crippen molar-refractivity contribution in [1.29, 1.82) is 0 Å². The molecule has 1 aromatic carbocycles. The molecule has 3 heterocycles. The van der Waals surface area contributed by atoms with Gasteiger partial charge < -0.3 is 15.6 Å². The summed E-state index contributed by atoms with van der Waals surface area (Å²) in [6.07, 6.45) is -1.34. The van der Waals surface area contributed by atoms with E-state index in [0.717, 1.165) is 0 Å². The zero-order valence-corrected chi connectivity index (χ0v) is 18.4. The predicted octanol–water partition coefficient (Wildman–Crippen LogP) is 3.21. The standard InChI is InChI=1S/C20H19F3N8O2S/c1-11(12-2-4-13(5-3-12)34(24,32)33)28-19-30-14-6-7-15(17-25-8-9-26-17)29-16(14)18(31-19)27-10-20(21,22)23/h2-9,11H,10H2,1H3,(H,25,26)(H2,24,32,33)(H2,27,28,30,31)/t11-/m1/s1. The molecule has 0 saturated carbocycles. The largest absolute Gasteiger partial charge is 0.405 e. The molecule has 10 nitrogen and oxygen atoms in total. The van der Waals surface area contributed by atoms with Crippen molar-refractivity contribution < 1.29 is 21.6 Å². The number of halogens is 3. The third-order valence-corrected chi connectivity index (χ3v) is 5.72. The molecule has 34 heavy (non-hydrogen) atoms. The Morgan fingerprint density at radius 1 is 1.09 bits per heavy atom. The van der Waals surface area contributed by atoms with Crippen LogP contribution in [0.1, 0.15) is 18.5 Å². The second kappa shape index (κ2) is 8.87. The number of hydrogen-bond acceptors (Lipinski definition) is 8. The molecule has 0 fully saturated rings. The Morgan fingerprint density at radius 3 is 2.44 bits per heavy atom.